The number of aromatic nitrogens is 1. The molecule has 1 aromatic rings. The SMILES string of the molecule is CCCCCNc1nc(C(F)(F)F)ccc1C(=O)O. The number of nitrogens with zero attached hydrogens (tertiary/aromatic N) is 1. The first-order valence-electron chi connectivity index (χ1n) is 5.91. The summed E-state index contributed by atoms with van der Waals surface area (Å²) in [4.78, 5) is 14.3. The highest BCUT2D eigenvalue weighted by Crippen LogP contribution is 2.29. The fourth-order valence-electron chi connectivity index (χ4n) is 1.51. The normalized spacial score (nSPS) is 11.4. The monoisotopic (exact) mass is 276 g/mol. The van der Waals surface area contributed by atoms with Gasteiger partial charge in [-0.25, -0.2) is 9.78 Å². The maximum Gasteiger partial charge on any atom is 0.433 e. The van der Waals surface area contributed by atoms with Gasteiger partial charge in [-0.05, 0) is 18.6 Å². The van der Waals surface area contributed by atoms with Gasteiger partial charge in [0, 0.05) is 6.54 Å². The topological polar surface area (TPSA) is 62.2 Å². The molecule has 1 rings (SSSR count). The maximum absolute atomic E-state index is 12.5. The van der Waals surface area contributed by atoms with Crippen LogP contribution < -0.4 is 5.32 Å². The van der Waals surface area contributed by atoms with Crippen LogP contribution in [0.2, 0.25) is 0 Å². The van der Waals surface area contributed by atoms with Gasteiger partial charge < -0.3 is 10.4 Å². The van der Waals surface area contributed by atoms with Gasteiger partial charge in [-0.1, -0.05) is 19.8 Å². The van der Waals surface area contributed by atoms with Gasteiger partial charge in [0.25, 0.3) is 0 Å². The second-order valence-corrected chi connectivity index (χ2v) is 4.03. The van der Waals surface area contributed by atoms with Gasteiger partial charge in [0.05, 0.1) is 0 Å². The van der Waals surface area contributed by atoms with Crippen molar-refractivity contribution in [1.82, 2.24) is 4.98 Å². The lowest BCUT2D eigenvalue weighted by Gasteiger charge is -2.12. The van der Waals surface area contributed by atoms with E-state index < -0.39 is 17.8 Å². The number of unbranched alkanes of at least 4 members (excludes halogenated alkanes) is 2. The lowest BCUT2D eigenvalue weighted by Crippen LogP contribution is -2.14. The van der Waals surface area contributed by atoms with Gasteiger partial charge in [0.1, 0.15) is 17.1 Å². The van der Waals surface area contributed by atoms with Crippen LogP contribution in [0.25, 0.3) is 0 Å². The molecule has 0 aliphatic carbocycles. The van der Waals surface area contributed by atoms with Gasteiger partial charge in [0.2, 0.25) is 0 Å². The Kier molecular flexibility index (Phi) is 5.14. The Morgan fingerprint density at radius 2 is 2.05 bits per heavy atom. The minimum Gasteiger partial charge on any atom is -0.478 e. The number of carboxylic acids is 1. The predicted molar refractivity (Wildman–Crippen MR) is 64.2 cm³/mol. The van der Waals surface area contributed by atoms with Crippen LogP contribution in [-0.2, 0) is 6.18 Å². The number of pyridine rings is 1. The van der Waals surface area contributed by atoms with Crippen LogP contribution in [0.1, 0.15) is 42.2 Å². The minimum absolute atomic E-state index is 0.238. The quantitative estimate of drug-likeness (QED) is 0.782. The number of rotatable bonds is 6. The summed E-state index contributed by atoms with van der Waals surface area (Å²) in [6.07, 6.45) is -1.97. The van der Waals surface area contributed by atoms with Gasteiger partial charge >= 0.3 is 12.1 Å². The smallest absolute Gasteiger partial charge is 0.433 e. The standard InChI is InChI=1S/C12H15F3N2O2/c1-2-3-4-7-16-10-8(11(18)19)5-6-9(17-10)12(13,14)15/h5-6H,2-4,7H2,1H3,(H,16,17)(H,18,19). The first-order valence-corrected chi connectivity index (χ1v) is 5.91. The van der Waals surface area contributed by atoms with E-state index in [-0.39, 0.29) is 11.4 Å². The first-order chi connectivity index (χ1) is 8.86. The molecule has 19 heavy (non-hydrogen) atoms. The number of anilines is 1. The largest absolute Gasteiger partial charge is 0.478 e. The van der Waals surface area contributed by atoms with Gasteiger partial charge in [-0.15, -0.1) is 0 Å². The van der Waals surface area contributed by atoms with Crippen molar-refractivity contribution in [2.75, 3.05) is 11.9 Å². The van der Waals surface area contributed by atoms with Crippen molar-refractivity contribution in [3.63, 3.8) is 0 Å². The highest BCUT2D eigenvalue weighted by atomic mass is 19.4. The van der Waals surface area contributed by atoms with Gasteiger partial charge in [-0.3, -0.25) is 0 Å². The molecule has 0 bridgehead atoms. The van der Waals surface area contributed by atoms with Gasteiger partial charge in [-0.2, -0.15) is 13.2 Å². The van der Waals surface area contributed by atoms with E-state index in [0.717, 1.165) is 25.3 Å². The summed E-state index contributed by atoms with van der Waals surface area (Å²) in [6.45, 7) is 2.38. The zero-order valence-corrected chi connectivity index (χ0v) is 10.4. The van der Waals surface area contributed by atoms with Crippen molar-refractivity contribution < 1.29 is 23.1 Å². The van der Waals surface area contributed by atoms with E-state index in [0.29, 0.717) is 12.6 Å². The molecule has 0 radical (unpaired) electrons. The molecular formula is C12H15F3N2O2. The molecule has 7 heteroatoms. The number of aromatic carboxylic acids is 1. The molecule has 0 aliphatic rings. The molecule has 2 N–H and O–H groups in total. The second-order valence-electron chi connectivity index (χ2n) is 4.03. The van der Waals surface area contributed by atoms with Crippen molar-refractivity contribution in [1.29, 1.82) is 0 Å². The maximum atomic E-state index is 12.5. The average Bonchev–Trinajstić information content (AvgIpc) is 2.33. The van der Waals surface area contributed by atoms with Crippen molar-refractivity contribution in [3.05, 3.63) is 23.4 Å². The molecule has 1 heterocycles. The summed E-state index contributed by atoms with van der Waals surface area (Å²) in [5, 5.41) is 11.6. The Morgan fingerprint density at radius 3 is 2.58 bits per heavy atom. The summed E-state index contributed by atoms with van der Waals surface area (Å²) in [7, 11) is 0. The Labute approximate surface area is 108 Å². The fraction of sp³-hybridized carbons (Fsp3) is 0.500. The lowest BCUT2D eigenvalue weighted by molar-refractivity contribution is -0.141. The molecule has 1 aromatic heterocycles. The fourth-order valence-corrected chi connectivity index (χ4v) is 1.51. The van der Waals surface area contributed by atoms with Crippen LogP contribution in [0.3, 0.4) is 0 Å². The number of nitrogens with one attached hydrogen (secondary N) is 1. The zero-order chi connectivity index (χ0) is 14.5. The Balaban J connectivity index is 2.93. The second kappa shape index (κ2) is 6.40. The Hall–Kier alpha value is -1.79. The van der Waals surface area contributed by atoms with Crippen LogP contribution in [0.4, 0.5) is 19.0 Å². The highest BCUT2D eigenvalue weighted by molar-refractivity contribution is 5.93. The van der Waals surface area contributed by atoms with Crippen LogP contribution in [0.15, 0.2) is 12.1 Å². The van der Waals surface area contributed by atoms with Crippen molar-refractivity contribution in [2.45, 2.75) is 32.4 Å². The number of hydrogen-bond donors (Lipinski definition) is 2. The first kappa shape index (κ1) is 15.3. The van der Waals surface area contributed by atoms with E-state index in [9.17, 15) is 18.0 Å². The molecule has 0 amide bonds. The van der Waals surface area contributed by atoms with E-state index >= 15 is 0 Å². The molecular weight excluding hydrogens is 261 g/mol. The zero-order valence-electron chi connectivity index (χ0n) is 10.4. The summed E-state index contributed by atoms with van der Waals surface area (Å²) in [5.74, 6) is -1.54. The number of hydrogen-bond acceptors (Lipinski definition) is 3. The predicted octanol–water partition coefficient (Wildman–Crippen LogP) is 3.40. The molecule has 0 fully saturated rings. The molecule has 0 unspecified atom stereocenters. The van der Waals surface area contributed by atoms with Gasteiger partial charge in [0.15, 0.2) is 0 Å². The third kappa shape index (κ3) is 4.42. The highest BCUT2D eigenvalue weighted by Gasteiger charge is 2.33. The summed E-state index contributed by atoms with van der Waals surface area (Å²) < 4.78 is 37.5. The van der Waals surface area contributed by atoms with Crippen LogP contribution in [-0.4, -0.2) is 22.6 Å². The van der Waals surface area contributed by atoms with Crippen molar-refractivity contribution in [2.24, 2.45) is 0 Å². The number of carbonyl (C=O) groups is 1. The molecule has 0 spiro atoms. The molecule has 0 saturated carbocycles. The lowest BCUT2D eigenvalue weighted by atomic mass is 10.2. The average molecular weight is 276 g/mol. The van der Waals surface area contributed by atoms with Crippen LogP contribution >= 0.6 is 0 Å². The van der Waals surface area contributed by atoms with E-state index in [4.69, 9.17) is 5.11 Å². The van der Waals surface area contributed by atoms with Crippen molar-refractivity contribution >= 4 is 11.8 Å². The molecule has 0 saturated heterocycles. The minimum atomic E-state index is -4.59. The number of carboxylic acid groups (broad SMARTS) is 1. The van der Waals surface area contributed by atoms with E-state index in [1.165, 1.54) is 0 Å². The Morgan fingerprint density at radius 1 is 1.37 bits per heavy atom. The summed E-state index contributed by atoms with van der Waals surface area (Å²) >= 11 is 0. The molecule has 4 nitrogen and oxygen atoms in total. The van der Waals surface area contributed by atoms with Crippen LogP contribution in [0, 0.1) is 0 Å². The van der Waals surface area contributed by atoms with Crippen molar-refractivity contribution in [3.8, 4) is 0 Å². The summed E-state index contributed by atoms with van der Waals surface area (Å²) in [5.41, 5.74) is -1.36. The Bertz CT molecular complexity index is 447. The molecule has 106 valence electrons. The van der Waals surface area contributed by atoms with E-state index in [2.05, 4.69) is 10.3 Å². The number of halogens is 3. The van der Waals surface area contributed by atoms with Crippen LogP contribution in [0.5, 0.6) is 0 Å². The van der Waals surface area contributed by atoms with E-state index in [1.807, 2.05) is 6.92 Å². The third-order valence-electron chi connectivity index (χ3n) is 2.49. The molecule has 0 aliphatic heterocycles. The molecule has 0 atom stereocenters. The third-order valence-corrected chi connectivity index (χ3v) is 2.49. The van der Waals surface area contributed by atoms with E-state index in [1.54, 1.807) is 0 Å². The number of alkyl halides is 3. The summed E-state index contributed by atoms with van der Waals surface area (Å²) in [6, 6.07) is 1.58. The molecule has 0 aromatic carbocycles.